The molecule has 3 N–H and O–H groups in total. The maximum atomic E-state index is 11.8. The van der Waals surface area contributed by atoms with Crippen molar-refractivity contribution in [3.63, 3.8) is 0 Å². The lowest BCUT2D eigenvalue weighted by Crippen LogP contribution is -2.43. The number of hydrogen-bond acceptors (Lipinski definition) is 7. The topological polar surface area (TPSA) is 97.0 Å². The smallest absolute Gasteiger partial charge is 0.230 e. The van der Waals surface area contributed by atoms with Gasteiger partial charge in [-0.3, -0.25) is 4.79 Å². The lowest BCUT2D eigenvalue weighted by molar-refractivity contribution is -0.120. The van der Waals surface area contributed by atoms with E-state index in [1.807, 2.05) is 34.9 Å². The Hall–Kier alpha value is -1.57. The Morgan fingerprint density at radius 3 is 2.57 bits per heavy atom. The molecule has 0 radical (unpaired) electrons. The molecule has 0 saturated heterocycles. The van der Waals surface area contributed by atoms with Gasteiger partial charge in [-0.2, -0.15) is 15.0 Å². The summed E-state index contributed by atoms with van der Waals surface area (Å²) in [6, 6.07) is 0. The minimum absolute atomic E-state index is 0.0155. The third-order valence-corrected chi connectivity index (χ3v) is 3.84. The Morgan fingerprint density at radius 1 is 1.33 bits per heavy atom. The van der Waals surface area contributed by atoms with E-state index < -0.39 is 0 Å². The highest BCUT2D eigenvalue weighted by Gasteiger charge is 2.17. The van der Waals surface area contributed by atoms with E-state index in [0.29, 0.717) is 23.3 Å². The van der Waals surface area contributed by atoms with Crippen LogP contribution in [0.5, 0.6) is 0 Å². The zero-order valence-electron chi connectivity index (χ0n) is 13.3. The largest absolute Gasteiger partial charge is 0.368 e. The van der Waals surface area contributed by atoms with Crippen molar-refractivity contribution < 1.29 is 4.79 Å². The van der Waals surface area contributed by atoms with Crippen LogP contribution in [0.1, 0.15) is 33.0 Å². The molecular formula is C13H24N6OS. The minimum Gasteiger partial charge on any atom is -0.368 e. The highest BCUT2D eigenvalue weighted by atomic mass is 32.2. The third-order valence-electron chi connectivity index (χ3n) is 2.91. The SMILES string of the molecule is CCC(C)(C)NC(=O)CSCc1nc(N)nc(N(C)C)n1. The normalized spacial score (nSPS) is 11.3. The molecule has 0 fully saturated rings. The maximum absolute atomic E-state index is 11.8. The molecule has 1 amide bonds. The van der Waals surface area contributed by atoms with Gasteiger partial charge >= 0.3 is 0 Å². The molecule has 0 aliphatic rings. The highest BCUT2D eigenvalue weighted by Crippen LogP contribution is 2.13. The van der Waals surface area contributed by atoms with E-state index in [-0.39, 0.29) is 17.4 Å². The molecule has 8 heteroatoms. The lowest BCUT2D eigenvalue weighted by atomic mass is 10.0. The first-order valence-electron chi connectivity index (χ1n) is 6.80. The van der Waals surface area contributed by atoms with Crippen molar-refractivity contribution in [2.75, 3.05) is 30.5 Å². The number of amides is 1. The molecule has 7 nitrogen and oxygen atoms in total. The molecule has 0 aromatic carbocycles. The fraction of sp³-hybridized carbons (Fsp3) is 0.692. The van der Waals surface area contributed by atoms with Gasteiger partial charge in [0.25, 0.3) is 0 Å². The van der Waals surface area contributed by atoms with Gasteiger partial charge in [0.15, 0.2) is 0 Å². The minimum atomic E-state index is -0.173. The van der Waals surface area contributed by atoms with E-state index in [1.165, 1.54) is 11.8 Å². The predicted molar refractivity (Wildman–Crippen MR) is 87.2 cm³/mol. The fourth-order valence-electron chi connectivity index (χ4n) is 1.43. The van der Waals surface area contributed by atoms with Crippen molar-refractivity contribution in [2.24, 2.45) is 0 Å². The number of thioether (sulfide) groups is 1. The molecule has 1 aromatic heterocycles. The summed E-state index contributed by atoms with van der Waals surface area (Å²) in [5, 5.41) is 2.99. The van der Waals surface area contributed by atoms with Crippen molar-refractivity contribution in [2.45, 2.75) is 38.5 Å². The summed E-state index contributed by atoms with van der Waals surface area (Å²) in [5.41, 5.74) is 5.48. The van der Waals surface area contributed by atoms with Crippen LogP contribution in [0.25, 0.3) is 0 Å². The summed E-state index contributed by atoms with van der Waals surface area (Å²) < 4.78 is 0. The molecule has 0 aliphatic carbocycles. The standard InChI is InChI=1S/C13H24N6OS/c1-6-13(2,3)18-10(20)8-21-7-9-15-11(14)17-12(16-9)19(4)5/h6-8H2,1-5H3,(H,18,20)(H2,14,15,16,17). The van der Waals surface area contributed by atoms with Crippen LogP contribution in [0.15, 0.2) is 0 Å². The van der Waals surface area contributed by atoms with E-state index in [1.54, 1.807) is 4.90 Å². The number of aromatic nitrogens is 3. The van der Waals surface area contributed by atoms with Crippen molar-refractivity contribution in [1.82, 2.24) is 20.3 Å². The van der Waals surface area contributed by atoms with Crippen LogP contribution in [0.3, 0.4) is 0 Å². The Balaban J connectivity index is 2.51. The highest BCUT2D eigenvalue weighted by molar-refractivity contribution is 7.99. The van der Waals surface area contributed by atoms with E-state index >= 15 is 0 Å². The first-order chi connectivity index (χ1) is 9.73. The number of nitrogens with two attached hydrogens (primary N) is 1. The Morgan fingerprint density at radius 2 is 2.00 bits per heavy atom. The zero-order valence-corrected chi connectivity index (χ0v) is 14.1. The van der Waals surface area contributed by atoms with Gasteiger partial charge in [0.1, 0.15) is 5.82 Å². The first kappa shape index (κ1) is 17.5. The van der Waals surface area contributed by atoms with Gasteiger partial charge in [-0.15, -0.1) is 11.8 Å². The van der Waals surface area contributed by atoms with Gasteiger partial charge < -0.3 is 16.0 Å². The fourth-order valence-corrected chi connectivity index (χ4v) is 2.10. The van der Waals surface area contributed by atoms with E-state index in [2.05, 4.69) is 20.3 Å². The van der Waals surface area contributed by atoms with Crippen LogP contribution in [0, 0.1) is 0 Å². The molecule has 1 heterocycles. The Labute approximate surface area is 130 Å². The van der Waals surface area contributed by atoms with E-state index in [9.17, 15) is 4.79 Å². The molecule has 21 heavy (non-hydrogen) atoms. The van der Waals surface area contributed by atoms with E-state index in [4.69, 9.17) is 5.73 Å². The molecule has 1 rings (SSSR count). The molecule has 0 saturated carbocycles. The molecule has 0 bridgehead atoms. The summed E-state index contributed by atoms with van der Waals surface area (Å²) in [4.78, 5) is 26.0. The number of hydrogen-bond donors (Lipinski definition) is 2. The number of nitrogen functional groups attached to an aromatic ring is 1. The second kappa shape index (κ2) is 7.44. The molecule has 0 aliphatic heterocycles. The number of rotatable bonds is 7. The average Bonchev–Trinajstić information content (AvgIpc) is 2.37. The summed E-state index contributed by atoms with van der Waals surface area (Å²) in [5.74, 6) is 2.20. The molecule has 118 valence electrons. The number of nitrogens with zero attached hydrogens (tertiary/aromatic N) is 4. The summed E-state index contributed by atoms with van der Waals surface area (Å²) in [6.45, 7) is 6.06. The molecule has 0 spiro atoms. The summed E-state index contributed by atoms with van der Waals surface area (Å²) in [6.07, 6.45) is 0.888. The predicted octanol–water partition coefficient (Wildman–Crippen LogP) is 1.06. The van der Waals surface area contributed by atoms with Crippen LogP contribution < -0.4 is 16.0 Å². The van der Waals surface area contributed by atoms with Crippen molar-refractivity contribution in [3.05, 3.63) is 5.82 Å². The number of carbonyl (C=O) groups is 1. The van der Waals surface area contributed by atoms with Gasteiger partial charge in [-0.25, -0.2) is 0 Å². The Bertz CT molecular complexity index is 492. The Kier molecular flexibility index (Phi) is 6.19. The summed E-state index contributed by atoms with van der Waals surface area (Å²) in [7, 11) is 3.68. The number of nitrogens with one attached hydrogen (secondary N) is 1. The van der Waals surface area contributed by atoms with Crippen molar-refractivity contribution in [1.29, 1.82) is 0 Å². The van der Waals surface area contributed by atoms with Crippen LogP contribution in [0.2, 0.25) is 0 Å². The van der Waals surface area contributed by atoms with Gasteiger partial charge in [-0.05, 0) is 20.3 Å². The average molecular weight is 312 g/mol. The van der Waals surface area contributed by atoms with Crippen molar-refractivity contribution in [3.8, 4) is 0 Å². The quantitative estimate of drug-likeness (QED) is 0.777. The van der Waals surface area contributed by atoms with Gasteiger partial charge in [0.2, 0.25) is 17.8 Å². The van der Waals surface area contributed by atoms with Gasteiger partial charge in [-0.1, -0.05) is 6.92 Å². The second-order valence-electron chi connectivity index (χ2n) is 5.58. The van der Waals surface area contributed by atoms with Gasteiger partial charge in [0, 0.05) is 19.6 Å². The van der Waals surface area contributed by atoms with E-state index in [0.717, 1.165) is 6.42 Å². The number of anilines is 2. The van der Waals surface area contributed by atoms with Crippen LogP contribution >= 0.6 is 11.8 Å². The molecule has 1 aromatic rings. The maximum Gasteiger partial charge on any atom is 0.230 e. The lowest BCUT2D eigenvalue weighted by Gasteiger charge is -2.24. The summed E-state index contributed by atoms with van der Waals surface area (Å²) >= 11 is 1.46. The number of carbonyl (C=O) groups excluding carboxylic acids is 1. The molecular weight excluding hydrogens is 288 g/mol. The van der Waals surface area contributed by atoms with Crippen LogP contribution in [0.4, 0.5) is 11.9 Å². The van der Waals surface area contributed by atoms with Crippen LogP contribution in [-0.4, -0.2) is 46.2 Å². The molecule has 0 unspecified atom stereocenters. The third kappa shape index (κ3) is 6.16. The van der Waals surface area contributed by atoms with Crippen LogP contribution in [-0.2, 0) is 10.5 Å². The van der Waals surface area contributed by atoms with Gasteiger partial charge in [0.05, 0.1) is 11.5 Å². The monoisotopic (exact) mass is 312 g/mol. The zero-order chi connectivity index (χ0) is 16.0. The second-order valence-corrected chi connectivity index (χ2v) is 6.57. The van der Waals surface area contributed by atoms with Crippen molar-refractivity contribution >= 4 is 29.6 Å². The molecule has 0 atom stereocenters. The first-order valence-corrected chi connectivity index (χ1v) is 7.95.